The van der Waals surface area contributed by atoms with Crippen LogP contribution in [0.5, 0.6) is 5.75 Å². The van der Waals surface area contributed by atoms with Crippen LogP contribution in [0, 0.1) is 0 Å². The Morgan fingerprint density at radius 3 is 2.47 bits per heavy atom. The number of rotatable bonds is 8. The van der Waals surface area contributed by atoms with Crippen molar-refractivity contribution in [3.05, 3.63) is 41.4 Å². The predicted molar refractivity (Wildman–Crippen MR) is 125 cm³/mol. The summed E-state index contributed by atoms with van der Waals surface area (Å²) in [5, 5.41) is 8.22. The third kappa shape index (κ3) is 5.85. The summed E-state index contributed by atoms with van der Waals surface area (Å²) in [4.78, 5) is 32.5. The minimum atomic E-state index is -4.64. The average molecular weight is 509 g/mol. The van der Waals surface area contributed by atoms with E-state index in [1.807, 2.05) is 0 Å². The largest absolute Gasteiger partial charge is 0.494 e. The fourth-order valence-corrected chi connectivity index (χ4v) is 3.44. The van der Waals surface area contributed by atoms with Crippen molar-refractivity contribution >= 4 is 22.8 Å². The van der Waals surface area contributed by atoms with Gasteiger partial charge in [0, 0.05) is 30.1 Å². The van der Waals surface area contributed by atoms with Gasteiger partial charge in [-0.25, -0.2) is 14.8 Å². The monoisotopic (exact) mass is 508 g/mol. The van der Waals surface area contributed by atoms with Gasteiger partial charge in [-0.1, -0.05) is 0 Å². The summed E-state index contributed by atoms with van der Waals surface area (Å²) in [6, 6.07) is 3.61. The molecule has 5 N–H and O–H groups in total. The molecule has 0 saturated carbocycles. The summed E-state index contributed by atoms with van der Waals surface area (Å²) < 4.78 is 50.7. The van der Waals surface area contributed by atoms with Crippen molar-refractivity contribution in [2.45, 2.75) is 39.0 Å². The van der Waals surface area contributed by atoms with Crippen LogP contribution in [0.25, 0.3) is 22.4 Å². The number of pyridine rings is 1. The number of benzene rings is 1. The maximum absolute atomic E-state index is 13.2. The molecule has 0 fully saturated rings. The van der Waals surface area contributed by atoms with Crippen molar-refractivity contribution in [3.63, 3.8) is 0 Å². The number of nitrogens with one attached hydrogen (secondary N) is 3. The molecule has 2 heterocycles. The van der Waals surface area contributed by atoms with E-state index in [0.717, 1.165) is 6.07 Å². The van der Waals surface area contributed by atoms with E-state index in [1.165, 1.54) is 19.2 Å². The Balaban J connectivity index is 1.96. The van der Waals surface area contributed by atoms with Crippen LogP contribution in [0.4, 0.5) is 18.0 Å². The van der Waals surface area contributed by atoms with Crippen molar-refractivity contribution < 1.29 is 31.9 Å². The molecule has 3 amide bonds. The first-order chi connectivity index (χ1) is 17.0. The Hall–Kier alpha value is -3.87. The highest BCUT2D eigenvalue weighted by Gasteiger charge is 2.33. The highest BCUT2D eigenvalue weighted by atomic mass is 19.4. The summed E-state index contributed by atoms with van der Waals surface area (Å²) in [6.07, 6.45) is -4.64. The molecule has 2 aromatic heterocycles. The Bertz CT molecular complexity index is 1260. The third-order valence-electron chi connectivity index (χ3n) is 5.13. The predicted octanol–water partition coefficient (Wildman–Crippen LogP) is 3.37. The Kier molecular flexibility index (Phi) is 8.03. The van der Waals surface area contributed by atoms with Crippen molar-refractivity contribution in [2.75, 3.05) is 20.2 Å². The highest BCUT2D eigenvalue weighted by Crippen LogP contribution is 2.37. The molecule has 3 aromatic rings. The summed E-state index contributed by atoms with van der Waals surface area (Å²) in [5.41, 5.74) is 5.10. The van der Waals surface area contributed by atoms with Crippen LogP contribution in [0.1, 0.15) is 48.8 Å². The van der Waals surface area contributed by atoms with E-state index >= 15 is 0 Å². The fraction of sp³-hybridized carbons (Fsp3) is 0.391. The summed E-state index contributed by atoms with van der Waals surface area (Å²) in [7, 11) is 1.32. The lowest BCUT2D eigenvalue weighted by Gasteiger charge is -2.14. The molecular formula is C23H27F3N6O4. The van der Waals surface area contributed by atoms with Gasteiger partial charge in [0.25, 0.3) is 5.91 Å². The van der Waals surface area contributed by atoms with Gasteiger partial charge in [-0.3, -0.25) is 4.79 Å². The van der Waals surface area contributed by atoms with Crippen molar-refractivity contribution in [1.29, 1.82) is 0 Å². The number of methoxy groups -OCH3 is 1. The van der Waals surface area contributed by atoms with E-state index in [0.29, 0.717) is 12.1 Å². The lowest BCUT2D eigenvalue weighted by molar-refractivity contribution is -0.140. The smallest absolute Gasteiger partial charge is 0.433 e. The van der Waals surface area contributed by atoms with Gasteiger partial charge >= 0.3 is 12.2 Å². The highest BCUT2D eigenvalue weighted by molar-refractivity contribution is 5.98. The zero-order valence-electron chi connectivity index (χ0n) is 20.1. The molecule has 0 aliphatic rings. The number of halogens is 3. The second-order valence-electron chi connectivity index (χ2n) is 8.04. The van der Waals surface area contributed by atoms with Crippen LogP contribution in [0.2, 0.25) is 0 Å². The molecule has 2 atom stereocenters. The number of nitrogens with two attached hydrogens (primary N) is 1. The topological polar surface area (TPSA) is 144 Å². The van der Waals surface area contributed by atoms with Crippen LogP contribution in [-0.2, 0) is 6.18 Å². The summed E-state index contributed by atoms with van der Waals surface area (Å²) in [5.74, 6) is -0.381. The molecule has 13 heteroatoms. The number of carbonyl (C=O) groups is 2. The number of oxazole rings is 1. The van der Waals surface area contributed by atoms with E-state index < -0.39 is 23.8 Å². The number of carbonyl (C=O) groups excluding carboxylic acids is 2. The molecule has 0 radical (unpaired) electrons. The second-order valence-corrected chi connectivity index (χ2v) is 8.04. The molecular weight excluding hydrogens is 481 g/mol. The molecule has 0 spiro atoms. The van der Waals surface area contributed by atoms with E-state index in [2.05, 4.69) is 25.9 Å². The number of hydrogen-bond acceptors (Lipinski definition) is 7. The zero-order chi connectivity index (χ0) is 26.6. The van der Waals surface area contributed by atoms with Crippen LogP contribution in [-0.4, -0.2) is 48.1 Å². The third-order valence-corrected chi connectivity index (χ3v) is 5.13. The SMILES string of the molecule is CCNC(=O)N[C@@H](C)CNC(=O)c1nc(-c2ccc(OC)c3nc(C(F)(F)F)ccc23)oc1[C@H](C)N. The number of alkyl halides is 3. The van der Waals surface area contributed by atoms with Crippen LogP contribution >= 0.6 is 0 Å². The summed E-state index contributed by atoms with van der Waals surface area (Å²) >= 11 is 0. The molecule has 0 saturated heterocycles. The Morgan fingerprint density at radius 1 is 1.14 bits per heavy atom. The van der Waals surface area contributed by atoms with E-state index in [-0.39, 0.29) is 52.6 Å². The molecule has 0 bridgehead atoms. The van der Waals surface area contributed by atoms with Gasteiger partial charge in [0.1, 0.15) is 17.0 Å². The molecule has 0 aliphatic heterocycles. The van der Waals surface area contributed by atoms with Crippen LogP contribution in [0.15, 0.2) is 28.7 Å². The summed E-state index contributed by atoms with van der Waals surface area (Å²) in [6.45, 7) is 5.65. The lowest BCUT2D eigenvalue weighted by Crippen LogP contribution is -2.46. The maximum atomic E-state index is 13.2. The standard InChI is InChI=1S/C23H27F3N6O4/c1-5-28-22(34)30-11(2)10-29-20(33)18-19(12(3)27)36-21(32-18)14-6-8-15(35-4)17-13(14)7-9-16(31-17)23(24,25)26/h6-9,11-12H,5,10,27H2,1-4H3,(H,29,33)(H2,28,30,34)/t11-,12-/m0/s1. The molecule has 1 aromatic carbocycles. The number of urea groups is 1. The van der Waals surface area contributed by atoms with Crippen molar-refractivity contribution in [1.82, 2.24) is 25.9 Å². The molecule has 0 unspecified atom stereocenters. The Morgan fingerprint density at radius 2 is 1.86 bits per heavy atom. The van der Waals surface area contributed by atoms with Crippen LogP contribution in [0.3, 0.4) is 0 Å². The van der Waals surface area contributed by atoms with Gasteiger partial charge in [-0.15, -0.1) is 0 Å². The van der Waals surface area contributed by atoms with Gasteiger partial charge in [0.15, 0.2) is 11.5 Å². The first kappa shape index (κ1) is 26.7. The van der Waals surface area contributed by atoms with Gasteiger partial charge in [-0.2, -0.15) is 13.2 Å². The minimum Gasteiger partial charge on any atom is -0.494 e. The number of nitrogens with zero attached hydrogens (tertiary/aromatic N) is 2. The molecule has 10 nitrogen and oxygen atoms in total. The average Bonchev–Trinajstić information content (AvgIpc) is 3.26. The lowest BCUT2D eigenvalue weighted by atomic mass is 10.1. The first-order valence-electron chi connectivity index (χ1n) is 11.1. The van der Waals surface area contributed by atoms with Crippen molar-refractivity contribution in [2.24, 2.45) is 5.73 Å². The van der Waals surface area contributed by atoms with E-state index in [9.17, 15) is 22.8 Å². The van der Waals surface area contributed by atoms with Gasteiger partial charge in [0.05, 0.1) is 13.2 Å². The second kappa shape index (κ2) is 10.8. The Labute approximate surface area is 204 Å². The molecule has 0 aliphatic carbocycles. The normalized spacial score (nSPS) is 13.2. The number of amides is 3. The number of ether oxygens (including phenoxy) is 1. The van der Waals surface area contributed by atoms with Crippen LogP contribution < -0.4 is 26.4 Å². The maximum Gasteiger partial charge on any atom is 0.433 e. The number of aromatic nitrogens is 2. The molecule has 3 rings (SSSR count). The van der Waals surface area contributed by atoms with E-state index in [4.69, 9.17) is 14.9 Å². The zero-order valence-corrected chi connectivity index (χ0v) is 20.1. The van der Waals surface area contributed by atoms with E-state index in [1.54, 1.807) is 26.8 Å². The molecule has 36 heavy (non-hydrogen) atoms. The first-order valence-corrected chi connectivity index (χ1v) is 11.1. The minimum absolute atomic E-state index is 0.0184. The number of hydrogen-bond donors (Lipinski definition) is 4. The van der Waals surface area contributed by atoms with Gasteiger partial charge in [0.2, 0.25) is 5.89 Å². The fourth-order valence-electron chi connectivity index (χ4n) is 3.44. The van der Waals surface area contributed by atoms with Gasteiger partial charge < -0.3 is 30.8 Å². The van der Waals surface area contributed by atoms with Gasteiger partial charge in [-0.05, 0) is 45.0 Å². The molecule has 194 valence electrons. The number of fused-ring (bicyclic) bond motifs is 1. The quantitative estimate of drug-likeness (QED) is 0.365. The van der Waals surface area contributed by atoms with Crippen molar-refractivity contribution in [3.8, 4) is 17.2 Å².